The fourth-order valence-corrected chi connectivity index (χ4v) is 4.70. The van der Waals surface area contributed by atoms with Crippen molar-refractivity contribution in [1.29, 1.82) is 0 Å². The van der Waals surface area contributed by atoms with Gasteiger partial charge in [-0.3, -0.25) is 9.59 Å². The van der Waals surface area contributed by atoms with E-state index in [1.54, 1.807) is 30.3 Å². The van der Waals surface area contributed by atoms with Crippen LogP contribution in [0.3, 0.4) is 0 Å². The maximum atomic E-state index is 13.5. The maximum Gasteiger partial charge on any atom is 0.435 e. The highest BCUT2D eigenvalue weighted by Crippen LogP contribution is 2.36. The molecule has 1 heterocycles. The van der Waals surface area contributed by atoms with E-state index in [2.05, 4.69) is 22.5 Å². The first-order valence-corrected chi connectivity index (χ1v) is 11.9. The summed E-state index contributed by atoms with van der Waals surface area (Å²) in [5.41, 5.74) is -0.0309. The van der Waals surface area contributed by atoms with Crippen molar-refractivity contribution in [1.82, 2.24) is 15.1 Å². The number of nitrogens with zero attached hydrogens (tertiary/aromatic N) is 2. The topological polar surface area (TPSA) is 64.0 Å². The number of hydrogen-bond acceptors (Lipinski definition) is 3. The molecule has 1 aliphatic carbocycles. The summed E-state index contributed by atoms with van der Waals surface area (Å²) in [6.45, 7) is 0.123. The van der Waals surface area contributed by atoms with Crippen molar-refractivity contribution < 1.29 is 22.8 Å². The molecule has 1 aliphatic rings. The fraction of sp³-hybridized carbons (Fsp3) is 0.370. The summed E-state index contributed by atoms with van der Waals surface area (Å²) in [7, 11) is 0. The summed E-state index contributed by atoms with van der Waals surface area (Å²) >= 11 is 0. The molecular formula is C27H28F3N3O2. The van der Waals surface area contributed by atoms with Gasteiger partial charge >= 0.3 is 6.18 Å². The SMILES string of the molecule is O=C(NCCCC(=O)C1CCC(c2ccccc2)CC1)c1cn(-c2ccccc2)nc1C(F)(F)F. The number of hydrogen-bond donors (Lipinski definition) is 1. The summed E-state index contributed by atoms with van der Waals surface area (Å²) in [5, 5.41) is 6.11. The van der Waals surface area contributed by atoms with Crippen LogP contribution in [0.5, 0.6) is 0 Å². The molecule has 1 saturated carbocycles. The highest BCUT2D eigenvalue weighted by molar-refractivity contribution is 5.95. The maximum absolute atomic E-state index is 13.5. The van der Waals surface area contributed by atoms with E-state index in [-0.39, 0.29) is 18.2 Å². The molecule has 1 aromatic heterocycles. The molecule has 0 spiro atoms. The second-order valence-electron chi connectivity index (χ2n) is 8.95. The summed E-state index contributed by atoms with van der Waals surface area (Å²) in [6, 6.07) is 18.6. The molecule has 3 aromatic rings. The Morgan fingerprint density at radius 2 is 1.57 bits per heavy atom. The van der Waals surface area contributed by atoms with E-state index in [1.807, 2.05) is 18.2 Å². The smallest absolute Gasteiger partial charge is 0.352 e. The minimum atomic E-state index is -4.76. The normalized spacial score (nSPS) is 18.3. The number of halogens is 3. The molecule has 4 rings (SSSR count). The van der Waals surface area contributed by atoms with Crippen LogP contribution in [0, 0.1) is 5.92 Å². The van der Waals surface area contributed by atoms with Crippen LogP contribution in [0.2, 0.25) is 0 Å². The Kier molecular flexibility index (Phi) is 7.68. The molecular weight excluding hydrogens is 455 g/mol. The first-order chi connectivity index (χ1) is 16.8. The molecule has 0 aliphatic heterocycles. The number of alkyl halides is 3. The number of amides is 1. The van der Waals surface area contributed by atoms with E-state index in [9.17, 15) is 22.8 Å². The zero-order valence-electron chi connectivity index (χ0n) is 19.3. The number of carbonyl (C=O) groups is 2. The monoisotopic (exact) mass is 483 g/mol. The number of benzene rings is 2. The van der Waals surface area contributed by atoms with Crippen molar-refractivity contribution in [2.45, 2.75) is 50.6 Å². The third-order valence-corrected chi connectivity index (χ3v) is 6.59. The summed E-state index contributed by atoms with van der Waals surface area (Å²) < 4.78 is 41.5. The quantitative estimate of drug-likeness (QED) is 0.403. The van der Waals surface area contributed by atoms with Gasteiger partial charge in [-0.1, -0.05) is 48.5 Å². The molecule has 1 N–H and O–H groups in total. The number of rotatable bonds is 8. The molecule has 1 amide bonds. The first kappa shape index (κ1) is 24.7. The van der Waals surface area contributed by atoms with Gasteiger partial charge in [-0.2, -0.15) is 18.3 Å². The molecule has 0 radical (unpaired) electrons. The Labute approximate surface area is 202 Å². The van der Waals surface area contributed by atoms with E-state index in [0.29, 0.717) is 24.4 Å². The second-order valence-corrected chi connectivity index (χ2v) is 8.95. The van der Waals surface area contributed by atoms with Crippen molar-refractivity contribution >= 4 is 11.7 Å². The van der Waals surface area contributed by atoms with Crippen molar-refractivity contribution in [2.75, 3.05) is 6.54 Å². The van der Waals surface area contributed by atoms with Crippen LogP contribution in [-0.4, -0.2) is 28.0 Å². The lowest BCUT2D eigenvalue weighted by molar-refractivity contribution is -0.141. The van der Waals surface area contributed by atoms with Crippen molar-refractivity contribution in [2.24, 2.45) is 5.92 Å². The Balaban J connectivity index is 1.27. The van der Waals surface area contributed by atoms with Crippen molar-refractivity contribution in [3.8, 4) is 5.69 Å². The average molecular weight is 484 g/mol. The predicted octanol–water partition coefficient (Wildman–Crippen LogP) is 5.94. The van der Waals surface area contributed by atoms with Gasteiger partial charge in [0.05, 0.1) is 11.3 Å². The third kappa shape index (κ3) is 6.18. The molecule has 8 heteroatoms. The van der Waals surface area contributed by atoms with E-state index in [0.717, 1.165) is 36.6 Å². The van der Waals surface area contributed by atoms with E-state index in [1.165, 1.54) is 5.56 Å². The zero-order chi connectivity index (χ0) is 24.8. The van der Waals surface area contributed by atoms with E-state index >= 15 is 0 Å². The van der Waals surface area contributed by atoms with Crippen molar-refractivity contribution in [3.05, 3.63) is 83.7 Å². The van der Waals surface area contributed by atoms with E-state index in [4.69, 9.17) is 0 Å². The molecule has 5 nitrogen and oxygen atoms in total. The van der Waals surface area contributed by atoms with Crippen LogP contribution < -0.4 is 5.32 Å². The number of para-hydroxylation sites is 1. The Morgan fingerprint density at radius 3 is 2.20 bits per heavy atom. The van der Waals surface area contributed by atoms with Crippen LogP contribution in [0.1, 0.15) is 66.1 Å². The van der Waals surface area contributed by atoms with Gasteiger partial charge in [-0.05, 0) is 55.7 Å². The standard InChI is InChI=1S/C27H28F3N3O2/c28-27(29,30)25-23(18-33(32-25)22-10-5-2-6-11-22)26(35)31-17-7-12-24(34)21-15-13-20(14-16-21)19-8-3-1-4-9-19/h1-6,8-11,18,20-21H,7,12-17H2,(H,31,35). The Morgan fingerprint density at radius 1 is 0.943 bits per heavy atom. The molecule has 184 valence electrons. The number of Topliss-reactive ketones (excluding diaryl/α,β-unsaturated/α-hetero) is 1. The van der Waals surface area contributed by atoms with Crippen LogP contribution in [-0.2, 0) is 11.0 Å². The highest BCUT2D eigenvalue weighted by atomic mass is 19.4. The molecule has 0 atom stereocenters. The lowest BCUT2D eigenvalue weighted by atomic mass is 9.76. The predicted molar refractivity (Wildman–Crippen MR) is 126 cm³/mol. The lowest BCUT2D eigenvalue weighted by Crippen LogP contribution is -2.27. The van der Waals surface area contributed by atoms with Gasteiger partial charge in [-0.15, -0.1) is 0 Å². The summed E-state index contributed by atoms with van der Waals surface area (Å²) in [6.07, 6.45) is 0.654. The highest BCUT2D eigenvalue weighted by Gasteiger charge is 2.39. The summed E-state index contributed by atoms with van der Waals surface area (Å²) in [4.78, 5) is 25.2. The van der Waals surface area contributed by atoms with Crippen LogP contribution in [0.4, 0.5) is 13.2 Å². The first-order valence-electron chi connectivity index (χ1n) is 11.9. The number of ketones is 1. The molecule has 35 heavy (non-hydrogen) atoms. The Bertz CT molecular complexity index is 1140. The van der Waals surface area contributed by atoms with Gasteiger partial charge < -0.3 is 5.32 Å². The molecule has 1 fully saturated rings. The van der Waals surface area contributed by atoms with Crippen LogP contribution >= 0.6 is 0 Å². The largest absolute Gasteiger partial charge is 0.435 e. The minimum absolute atomic E-state index is 0.0200. The summed E-state index contributed by atoms with van der Waals surface area (Å²) in [5.74, 6) is -0.181. The number of aromatic nitrogens is 2. The minimum Gasteiger partial charge on any atom is -0.352 e. The van der Waals surface area contributed by atoms with Gasteiger partial charge in [0.2, 0.25) is 0 Å². The fourth-order valence-electron chi connectivity index (χ4n) is 4.70. The Hall–Kier alpha value is -3.42. The zero-order valence-corrected chi connectivity index (χ0v) is 19.3. The van der Waals surface area contributed by atoms with Gasteiger partial charge in [-0.25, -0.2) is 4.68 Å². The van der Waals surface area contributed by atoms with Crippen molar-refractivity contribution in [3.63, 3.8) is 0 Å². The number of nitrogens with one attached hydrogen (secondary N) is 1. The van der Waals surface area contributed by atoms with Gasteiger partial charge in [0.25, 0.3) is 5.91 Å². The third-order valence-electron chi connectivity index (χ3n) is 6.59. The number of carbonyl (C=O) groups excluding carboxylic acids is 2. The van der Waals surface area contributed by atoms with E-state index < -0.39 is 23.3 Å². The van der Waals surface area contributed by atoms with Crippen LogP contribution in [0.15, 0.2) is 66.9 Å². The molecule has 2 aromatic carbocycles. The van der Waals surface area contributed by atoms with Crippen LogP contribution in [0.25, 0.3) is 5.69 Å². The second kappa shape index (κ2) is 10.9. The molecule has 0 bridgehead atoms. The lowest BCUT2D eigenvalue weighted by Gasteiger charge is -2.28. The molecule has 0 saturated heterocycles. The average Bonchev–Trinajstić information content (AvgIpc) is 3.34. The van der Waals surface area contributed by atoms with Gasteiger partial charge in [0.15, 0.2) is 5.69 Å². The molecule has 0 unspecified atom stereocenters. The van der Waals surface area contributed by atoms with Gasteiger partial charge in [0.1, 0.15) is 5.78 Å². The van der Waals surface area contributed by atoms with Gasteiger partial charge in [0, 0.05) is 25.1 Å².